The molecule has 0 radical (unpaired) electrons. The normalized spacial score (nSPS) is 28.5. The van der Waals surface area contributed by atoms with Crippen molar-refractivity contribution in [3.05, 3.63) is 29.8 Å². The summed E-state index contributed by atoms with van der Waals surface area (Å²) in [5, 5.41) is 19.6. The maximum atomic E-state index is 9.81. The number of aliphatic hydroxyl groups excluding tert-OH is 1. The van der Waals surface area contributed by atoms with Crippen LogP contribution in [0.25, 0.3) is 0 Å². The van der Waals surface area contributed by atoms with Gasteiger partial charge in [-0.2, -0.15) is 0 Å². The van der Waals surface area contributed by atoms with Crippen molar-refractivity contribution >= 4 is 0 Å². The smallest absolute Gasteiger partial charge is 0.115 e. The molecule has 1 aromatic rings. The Bertz CT molecular complexity index is 514. The number of rotatable bonds is 6. The Labute approximate surface area is 146 Å². The van der Waals surface area contributed by atoms with E-state index in [2.05, 4.69) is 22.9 Å². The lowest BCUT2D eigenvalue weighted by Gasteiger charge is -2.37. The number of hydrogen-bond donors (Lipinski definition) is 2. The molecule has 2 fully saturated rings. The van der Waals surface area contributed by atoms with Crippen molar-refractivity contribution in [2.75, 3.05) is 20.1 Å². The minimum Gasteiger partial charge on any atom is -0.508 e. The molecule has 0 aromatic heterocycles. The highest BCUT2D eigenvalue weighted by Gasteiger charge is 2.27. The lowest BCUT2D eigenvalue weighted by atomic mass is 9.91. The molecule has 0 bridgehead atoms. The molecule has 3 rings (SSSR count). The fourth-order valence-corrected chi connectivity index (χ4v) is 4.36. The van der Waals surface area contributed by atoms with Gasteiger partial charge in [-0.05, 0) is 76.2 Å². The van der Waals surface area contributed by atoms with Crippen LogP contribution in [0.1, 0.15) is 50.5 Å². The molecule has 1 unspecified atom stereocenters. The topological polar surface area (TPSA) is 46.9 Å². The number of phenols is 1. The Morgan fingerprint density at radius 1 is 1.17 bits per heavy atom. The van der Waals surface area contributed by atoms with Crippen molar-refractivity contribution in [2.24, 2.45) is 0 Å². The summed E-state index contributed by atoms with van der Waals surface area (Å²) in [4.78, 5) is 5.09. The quantitative estimate of drug-likeness (QED) is 0.841. The molecule has 1 heterocycles. The first-order valence-electron chi connectivity index (χ1n) is 9.52. The number of nitrogens with zero attached hydrogens (tertiary/aromatic N) is 2. The molecule has 0 spiro atoms. The fraction of sp³-hybridized carbons (Fsp3) is 0.700. The van der Waals surface area contributed by atoms with Gasteiger partial charge in [0.15, 0.2) is 0 Å². The van der Waals surface area contributed by atoms with E-state index in [9.17, 15) is 10.2 Å². The average Bonchev–Trinajstić information content (AvgIpc) is 2.97. The van der Waals surface area contributed by atoms with Gasteiger partial charge in [0.05, 0.1) is 6.10 Å². The zero-order chi connectivity index (χ0) is 16.9. The summed E-state index contributed by atoms with van der Waals surface area (Å²) in [6.45, 7) is 3.23. The van der Waals surface area contributed by atoms with Gasteiger partial charge in [0.2, 0.25) is 0 Å². The number of benzene rings is 1. The van der Waals surface area contributed by atoms with Crippen molar-refractivity contribution in [1.29, 1.82) is 0 Å². The molecule has 4 heteroatoms. The van der Waals surface area contributed by atoms with E-state index < -0.39 is 0 Å². The van der Waals surface area contributed by atoms with Gasteiger partial charge < -0.3 is 15.1 Å². The third-order valence-corrected chi connectivity index (χ3v) is 5.90. The first kappa shape index (κ1) is 17.7. The highest BCUT2D eigenvalue weighted by atomic mass is 16.3. The molecule has 2 N–H and O–H groups in total. The van der Waals surface area contributed by atoms with E-state index in [0.29, 0.717) is 17.8 Å². The van der Waals surface area contributed by atoms with Gasteiger partial charge in [-0.3, -0.25) is 4.90 Å². The Kier molecular flexibility index (Phi) is 6.14. The first-order chi connectivity index (χ1) is 11.6. The van der Waals surface area contributed by atoms with E-state index in [-0.39, 0.29) is 6.10 Å². The van der Waals surface area contributed by atoms with Gasteiger partial charge in [0.25, 0.3) is 0 Å². The fourth-order valence-electron chi connectivity index (χ4n) is 4.36. The minimum absolute atomic E-state index is 0.107. The molecule has 0 amide bonds. The standard InChI is InChI=1S/C20H32N2O2/c1-21-12-3-5-17(21)11-13-22(18-7-9-19(23)10-8-18)15-16-4-2-6-20(24)14-16/h2,4,6,14,17-19,23-24H,3,5,7-13,15H2,1H3. The lowest BCUT2D eigenvalue weighted by molar-refractivity contribution is 0.0663. The Morgan fingerprint density at radius 3 is 2.62 bits per heavy atom. The maximum absolute atomic E-state index is 9.81. The Morgan fingerprint density at radius 2 is 1.96 bits per heavy atom. The van der Waals surface area contributed by atoms with Gasteiger partial charge in [-0.15, -0.1) is 0 Å². The highest BCUT2D eigenvalue weighted by molar-refractivity contribution is 5.27. The second-order valence-corrected chi connectivity index (χ2v) is 7.67. The predicted molar refractivity (Wildman–Crippen MR) is 97.0 cm³/mol. The molecule has 1 saturated carbocycles. The van der Waals surface area contributed by atoms with Crippen LogP contribution < -0.4 is 0 Å². The molecule has 4 nitrogen and oxygen atoms in total. The number of aromatic hydroxyl groups is 1. The monoisotopic (exact) mass is 332 g/mol. The number of likely N-dealkylation sites (tertiary alicyclic amines) is 1. The predicted octanol–water partition coefficient (Wildman–Crippen LogP) is 2.98. The van der Waals surface area contributed by atoms with Crippen LogP contribution in [0.4, 0.5) is 0 Å². The summed E-state index contributed by atoms with van der Waals surface area (Å²) >= 11 is 0. The summed E-state index contributed by atoms with van der Waals surface area (Å²) in [6, 6.07) is 8.92. The van der Waals surface area contributed by atoms with Crippen molar-refractivity contribution in [1.82, 2.24) is 9.80 Å². The van der Waals surface area contributed by atoms with Crippen LogP contribution in [-0.4, -0.2) is 58.3 Å². The molecular formula is C20H32N2O2. The Balaban J connectivity index is 1.63. The molecule has 1 aliphatic heterocycles. The molecule has 1 aliphatic carbocycles. The van der Waals surface area contributed by atoms with Crippen LogP contribution in [0.15, 0.2) is 24.3 Å². The number of aliphatic hydroxyl groups is 1. The zero-order valence-electron chi connectivity index (χ0n) is 14.9. The van der Waals surface area contributed by atoms with Gasteiger partial charge in [0.1, 0.15) is 5.75 Å². The lowest BCUT2D eigenvalue weighted by Crippen LogP contribution is -2.41. The van der Waals surface area contributed by atoms with Crippen LogP contribution in [0.5, 0.6) is 5.75 Å². The second kappa shape index (κ2) is 8.32. The van der Waals surface area contributed by atoms with Gasteiger partial charge in [0, 0.05) is 25.2 Å². The van der Waals surface area contributed by atoms with E-state index in [0.717, 1.165) is 38.8 Å². The van der Waals surface area contributed by atoms with Crippen LogP contribution in [0.3, 0.4) is 0 Å². The van der Waals surface area contributed by atoms with Crippen LogP contribution >= 0.6 is 0 Å². The average molecular weight is 332 g/mol. The van der Waals surface area contributed by atoms with Crippen LogP contribution in [0, 0.1) is 0 Å². The third-order valence-electron chi connectivity index (χ3n) is 5.90. The Hall–Kier alpha value is -1.10. The minimum atomic E-state index is -0.107. The second-order valence-electron chi connectivity index (χ2n) is 7.67. The van der Waals surface area contributed by atoms with E-state index in [1.165, 1.54) is 31.4 Å². The third kappa shape index (κ3) is 4.71. The molecule has 134 valence electrons. The molecule has 2 aliphatic rings. The molecule has 1 atom stereocenters. The SMILES string of the molecule is CN1CCCC1CCN(Cc1cccc(O)c1)C1CCC(O)CC1. The number of hydrogen-bond acceptors (Lipinski definition) is 4. The summed E-state index contributed by atoms with van der Waals surface area (Å²) < 4.78 is 0. The van der Waals surface area contributed by atoms with Crippen molar-refractivity contribution in [3.8, 4) is 5.75 Å². The van der Waals surface area contributed by atoms with E-state index >= 15 is 0 Å². The van der Waals surface area contributed by atoms with E-state index in [1.807, 2.05) is 12.1 Å². The van der Waals surface area contributed by atoms with Crippen molar-refractivity contribution in [2.45, 2.75) is 69.7 Å². The summed E-state index contributed by atoms with van der Waals surface area (Å²) in [5.41, 5.74) is 1.18. The van der Waals surface area contributed by atoms with E-state index in [4.69, 9.17) is 0 Å². The zero-order valence-corrected chi connectivity index (χ0v) is 14.9. The number of phenolic OH excluding ortho intramolecular Hbond substituents is 1. The maximum Gasteiger partial charge on any atom is 0.115 e. The van der Waals surface area contributed by atoms with E-state index in [1.54, 1.807) is 6.07 Å². The largest absolute Gasteiger partial charge is 0.508 e. The molecule has 1 saturated heterocycles. The van der Waals surface area contributed by atoms with Crippen LogP contribution in [0.2, 0.25) is 0 Å². The molecular weight excluding hydrogens is 300 g/mol. The first-order valence-corrected chi connectivity index (χ1v) is 9.52. The van der Waals surface area contributed by atoms with Gasteiger partial charge in [-0.25, -0.2) is 0 Å². The molecule has 24 heavy (non-hydrogen) atoms. The molecule has 1 aromatic carbocycles. The summed E-state index contributed by atoms with van der Waals surface area (Å²) in [6.07, 6.45) is 7.76. The van der Waals surface area contributed by atoms with Crippen molar-refractivity contribution < 1.29 is 10.2 Å². The summed E-state index contributed by atoms with van der Waals surface area (Å²) in [7, 11) is 2.24. The highest BCUT2D eigenvalue weighted by Crippen LogP contribution is 2.27. The van der Waals surface area contributed by atoms with Crippen LogP contribution in [-0.2, 0) is 6.54 Å². The van der Waals surface area contributed by atoms with Crippen molar-refractivity contribution in [3.63, 3.8) is 0 Å². The van der Waals surface area contributed by atoms with Gasteiger partial charge in [-0.1, -0.05) is 12.1 Å². The van der Waals surface area contributed by atoms with Gasteiger partial charge >= 0.3 is 0 Å². The summed E-state index contributed by atoms with van der Waals surface area (Å²) in [5.74, 6) is 0.349.